The second-order valence-corrected chi connectivity index (χ2v) is 10.9. The Morgan fingerprint density at radius 2 is 1.79 bits per heavy atom. The highest BCUT2D eigenvalue weighted by Gasteiger charge is 2.30. The van der Waals surface area contributed by atoms with E-state index in [2.05, 4.69) is 22.3 Å². The molecule has 0 bridgehead atoms. The van der Waals surface area contributed by atoms with Crippen LogP contribution in [0.3, 0.4) is 0 Å². The van der Waals surface area contributed by atoms with E-state index in [4.69, 9.17) is 0 Å². The number of piperazine rings is 1. The number of hydrogen-bond acceptors (Lipinski definition) is 5. The molecule has 4 rings (SSSR count). The van der Waals surface area contributed by atoms with Gasteiger partial charge < -0.3 is 5.32 Å². The first kappa shape index (κ1) is 20.4. The Morgan fingerprint density at radius 1 is 1.07 bits per heavy atom. The second-order valence-electron chi connectivity index (χ2n) is 7.50. The Morgan fingerprint density at radius 3 is 2.52 bits per heavy atom. The van der Waals surface area contributed by atoms with Crippen molar-refractivity contribution in [2.75, 3.05) is 31.5 Å². The van der Waals surface area contributed by atoms with Gasteiger partial charge in [0.2, 0.25) is 15.9 Å². The van der Waals surface area contributed by atoms with Gasteiger partial charge in [-0.1, -0.05) is 37.3 Å². The number of rotatable bonds is 4. The number of nitrogens with zero attached hydrogens (tertiary/aromatic N) is 2. The third-order valence-corrected chi connectivity index (χ3v) is 8.32. The third-order valence-electron chi connectivity index (χ3n) is 5.24. The first-order chi connectivity index (χ1) is 13.9. The highest BCUT2D eigenvalue weighted by atomic mass is 32.2. The Bertz CT molecular complexity index is 987. The molecule has 1 fully saturated rings. The van der Waals surface area contributed by atoms with E-state index in [1.165, 1.54) is 5.56 Å². The summed E-state index contributed by atoms with van der Waals surface area (Å²) < 4.78 is 27.9. The SMILES string of the molecule is CC1CC(=O)Nc2cc(S(=O)(=O)N3CCN(Cc4ccccc4)CC3)ccc2S1. The van der Waals surface area contributed by atoms with Crippen LogP contribution in [0.2, 0.25) is 0 Å². The summed E-state index contributed by atoms with van der Waals surface area (Å²) in [5, 5.41) is 3.01. The maximum Gasteiger partial charge on any atom is 0.243 e. The topological polar surface area (TPSA) is 69.7 Å². The summed E-state index contributed by atoms with van der Waals surface area (Å²) in [5.41, 5.74) is 1.82. The maximum atomic E-state index is 13.2. The van der Waals surface area contributed by atoms with Gasteiger partial charge in [0.25, 0.3) is 0 Å². The zero-order valence-electron chi connectivity index (χ0n) is 16.4. The quantitative estimate of drug-likeness (QED) is 0.806. The summed E-state index contributed by atoms with van der Waals surface area (Å²) in [6, 6.07) is 15.3. The molecule has 2 aliphatic rings. The molecule has 1 amide bonds. The normalized spacial score (nSPS) is 21.3. The van der Waals surface area contributed by atoms with Gasteiger partial charge in [-0.2, -0.15) is 4.31 Å². The summed E-state index contributed by atoms with van der Waals surface area (Å²) in [6.07, 6.45) is 0.421. The van der Waals surface area contributed by atoms with Crippen molar-refractivity contribution in [2.45, 2.75) is 34.9 Å². The monoisotopic (exact) mass is 431 g/mol. The predicted octanol–water partition coefficient (Wildman–Crippen LogP) is 3.02. The molecule has 0 aliphatic carbocycles. The van der Waals surface area contributed by atoms with Gasteiger partial charge in [0.1, 0.15) is 0 Å². The van der Waals surface area contributed by atoms with Crippen LogP contribution in [0.4, 0.5) is 5.69 Å². The molecule has 0 spiro atoms. The number of benzene rings is 2. The molecule has 0 radical (unpaired) electrons. The van der Waals surface area contributed by atoms with Crippen molar-refractivity contribution >= 4 is 33.4 Å². The molecule has 2 aromatic carbocycles. The molecule has 2 aromatic rings. The molecule has 0 aromatic heterocycles. The van der Waals surface area contributed by atoms with Gasteiger partial charge in [-0.05, 0) is 23.8 Å². The lowest BCUT2D eigenvalue weighted by atomic mass is 10.2. The van der Waals surface area contributed by atoms with Crippen LogP contribution in [0.1, 0.15) is 18.9 Å². The van der Waals surface area contributed by atoms with Gasteiger partial charge in [-0.15, -0.1) is 11.8 Å². The van der Waals surface area contributed by atoms with Crippen molar-refractivity contribution in [3.05, 3.63) is 54.1 Å². The van der Waals surface area contributed by atoms with Crippen LogP contribution in [0, 0.1) is 0 Å². The summed E-state index contributed by atoms with van der Waals surface area (Å²) in [7, 11) is -3.59. The molecule has 1 unspecified atom stereocenters. The minimum atomic E-state index is -3.59. The Kier molecular flexibility index (Phi) is 5.96. The molecule has 1 saturated heterocycles. The molecule has 2 aliphatic heterocycles. The Labute approximate surface area is 176 Å². The van der Waals surface area contributed by atoms with E-state index in [-0.39, 0.29) is 16.1 Å². The summed E-state index contributed by atoms with van der Waals surface area (Å²) in [4.78, 5) is 15.4. The average Bonchev–Trinajstić information content (AvgIpc) is 2.84. The van der Waals surface area contributed by atoms with Gasteiger partial charge >= 0.3 is 0 Å². The summed E-state index contributed by atoms with van der Waals surface area (Å²) in [6.45, 7) is 5.15. The van der Waals surface area contributed by atoms with Gasteiger partial charge in [-0.25, -0.2) is 8.42 Å². The number of nitrogens with one attached hydrogen (secondary N) is 1. The van der Waals surface area contributed by atoms with Crippen LogP contribution < -0.4 is 5.32 Å². The largest absolute Gasteiger partial charge is 0.325 e. The van der Waals surface area contributed by atoms with Gasteiger partial charge in [0.05, 0.1) is 10.6 Å². The number of anilines is 1. The van der Waals surface area contributed by atoms with Crippen LogP contribution in [0.25, 0.3) is 0 Å². The van der Waals surface area contributed by atoms with Crippen molar-refractivity contribution in [1.29, 1.82) is 0 Å². The smallest absolute Gasteiger partial charge is 0.243 e. The number of hydrogen-bond donors (Lipinski definition) is 1. The van der Waals surface area contributed by atoms with Crippen molar-refractivity contribution < 1.29 is 13.2 Å². The average molecular weight is 432 g/mol. The van der Waals surface area contributed by atoms with Crippen molar-refractivity contribution in [1.82, 2.24) is 9.21 Å². The minimum absolute atomic E-state index is 0.0761. The molecule has 8 heteroatoms. The number of carbonyl (C=O) groups excluding carboxylic acids is 1. The second kappa shape index (κ2) is 8.47. The molecule has 29 heavy (non-hydrogen) atoms. The number of sulfonamides is 1. The highest BCUT2D eigenvalue weighted by Crippen LogP contribution is 2.36. The first-order valence-corrected chi connectivity index (χ1v) is 12.1. The predicted molar refractivity (Wildman–Crippen MR) is 115 cm³/mol. The van der Waals surface area contributed by atoms with Crippen molar-refractivity contribution in [3.63, 3.8) is 0 Å². The lowest BCUT2D eigenvalue weighted by Gasteiger charge is -2.34. The van der Waals surface area contributed by atoms with Crippen molar-refractivity contribution in [3.8, 4) is 0 Å². The van der Waals surface area contributed by atoms with E-state index >= 15 is 0 Å². The molecule has 1 atom stereocenters. The number of amides is 1. The Balaban J connectivity index is 1.46. The molecular weight excluding hydrogens is 406 g/mol. The van der Waals surface area contributed by atoms with Crippen LogP contribution in [-0.2, 0) is 21.4 Å². The summed E-state index contributed by atoms with van der Waals surface area (Å²) >= 11 is 1.59. The van der Waals surface area contributed by atoms with E-state index < -0.39 is 10.0 Å². The van der Waals surface area contributed by atoms with E-state index in [0.29, 0.717) is 38.3 Å². The molecule has 6 nitrogen and oxygen atoms in total. The van der Waals surface area contributed by atoms with Crippen LogP contribution >= 0.6 is 11.8 Å². The third kappa shape index (κ3) is 4.66. The lowest BCUT2D eigenvalue weighted by molar-refractivity contribution is -0.116. The van der Waals surface area contributed by atoms with Crippen LogP contribution in [-0.4, -0.2) is 55.0 Å². The van der Waals surface area contributed by atoms with E-state index in [1.54, 1.807) is 34.3 Å². The number of carbonyl (C=O) groups is 1. The molecule has 154 valence electrons. The Hall–Kier alpha value is -1.87. The molecule has 1 N–H and O–H groups in total. The van der Waals surface area contributed by atoms with Crippen LogP contribution in [0.5, 0.6) is 0 Å². The molecular formula is C21H25N3O3S2. The van der Waals surface area contributed by atoms with Crippen molar-refractivity contribution in [2.24, 2.45) is 0 Å². The van der Waals surface area contributed by atoms with Gasteiger partial charge in [0.15, 0.2) is 0 Å². The maximum absolute atomic E-state index is 13.2. The zero-order valence-corrected chi connectivity index (χ0v) is 18.0. The highest BCUT2D eigenvalue weighted by molar-refractivity contribution is 8.00. The zero-order chi connectivity index (χ0) is 20.4. The van der Waals surface area contributed by atoms with Gasteiger partial charge in [-0.3, -0.25) is 9.69 Å². The fourth-order valence-corrected chi connectivity index (χ4v) is 6.21. The fourth-order valence-electron chi connectivity index (χ4n) is 3.71. The van der Waals surface area contributed by atoms with Gasteiger partial charge in [0, 0.05) is 49.3 Å². The standard InChI is InChI=1S/C21H25N3O3S2/c1-16-13-21(25)22-19-14-18(7-8-20(19)28-16)29(26,27)24-11-9-23(10-12-24)15-17-5-3-2-4-6-17/h2-8,14,16H,9-13,15H2,1H3,(H,22,25). The molecule has 0 saturated carbocycles. The summed E-state index contributed by atoms with van der Waals surface area (Å²) in [5.74, 6) is -0.0761. The van der Waals surface area contributed by atoms with E-state index in [0.717, 1.165) is 11.4 Å². The fraction of sp³-hybridized carbons (Fsp3) is 0.381. The molecule has 2 heterocycles. The number of thioether (sulfide) groups is 1. The van der Waals surface area contributed by atoms with E-state index in [9.17, 15) is 13.2 Å². The lowest BCUT2D eigenvalue weighted by Crippen LogP contribution is -2.48. The first-order valence-electron chi connectivity index (χ1n) is 9.79. The van der Waals surface area contributed by atoms with E-state index in [1.807, 2.05) is 25.1 Å². The number of fused-ring (bicyclic) bond motifs is 1. The van der Waals surface area contributed by atoms with Crippen LogP contribution in [0.15, 0.2) is 58.3 Å². The minimum Gasteiger partial charge on any atom is -0.325 e.